The van der Waals surface area contributed by atoms with Gasteiger partial charge in [0.15, 0.2) is 0 Å². The molecule has 0 saturated carbocycles. The van der Waals surface area contributed by atoms with E-state index in [0.29, 0.717) is 24.4 Å². The highest BCUT2D eigenvalue weighted by atomic mass is 35.5. The van der Waals surface area contributed by atoms with Gasteiger partial charge in [-0.05, 0) is 61.6 Å². The van der Waals surface area contributed by atoms with Gasteiger partial charge in [-0.2, -0.15) is 0 Å². The van der Waals surface area contributed by atoms with Crippen molar-refractivity contribution in [3.05, 3.63) is 82.9 Å². The molecule has 37 heavy (non-hydrogen) atoms. The number of amides is 2. The molecule has 8 heteroatoms. The number of halogens is 1. The predicted molar refractivity (Wildman–Crippen MR) is 150 cm³/mol. The molecular weight excluding hydrogens is 508 g/mol. The Morgan fingerprint density at radius 2 is 1.78 bits per heavy atom. The Morgan fingerprint density at radius 3 is 2.46 bits per heavy atom. The normalized spacial score (nSPS) is 15.6. The Bertz CT molecular complexity index is 1060. The molecule has 0 bridgehead atoms. The van der Waals surface area contributed by atoms with Crippen LogP contribution >= 0.6 is 23.4 Å². The highest BCUT2D eigenvalue weighted by molar-refractivity contribution is 8.00. The van der Waals surface area contributed by atoms with Crippen LogP contribution in [0, 0.1) is 0 Å². The molecule has 2 aromatic rings. The summed E-state index contributed by atoms with van der Waals surface area (Å²) < 4.78 is 5.03. The second kappa shape index (κ2) is 14.8. The number of aryl methyl sites for hydroxylation is 1. The fraction of sp³-hybridized carbons (Fsp3) is 0.414. The van der Waals surface area contributed by atoms with E-state index in [1.165, 1.54) is 11.6 Å². The molecule has 1 heterocycles. The Hall–Kier alpha value is -2.77. The molecule has 2 aromatic carbocycles. The van der Waals surface area contributed by atoms with Gasteiger partial charge < -0.3 is 15.0 Å². The van der Waals surface area contributed by atoms with Gasteiger partial charge in [0.25, 0.3) is 0 Å². The van der Waals surface area contributed by atoms with Crippen LogP contribution in [0.5, 0.6) is 0 Å². The molecule has 6 nitrogen and oxygen atoms in total. The zero-order valence-electron chi connectivity index (χ0n) is 21.3. The fourth-order valence-electron chi connectivity index (χ4n) is 4.00. The first-order valence-corrected chi connectivity index (χ1v) is 14.1. The number of benzene rings is 2. The third-order valence-corrected chi connectivity index (χ3v) is 7.85. The van der Waals surface area contributed by atoms with E-state index in [9.17, 15) is 14.4 Å². The molecule has 1 aliphatic rings. The van der Waals surface area contributed by atoms with Gasteiger partial charge in [0, 0.05) is 23.9 Å². The fourth-order valence-corrected chi connectivity index (χ4v) is 5.26. The number of carbonyl (C=O) groups excluding carboxylic acids is 3. The molecule has 1 N–H and O–H groups in total. The van der Waals surface area contributed by atoms with Crippen molar-refractivity contribution in [1.82, 2.24) is 10.2 Å². The summed E-state index contributed by atoms with van der Waals surface area (Å²) in [6, 6.07) is 14.7. The zero-order valence-corrected chi connectivity index (χ0v) is 22.9. The van der Waals surface area contributed by atoms with Crippen molar-refractivity contribution in [3.63, 3.8) is 0 Å². The lowest BCUT2D eigenvalue weighted by Crippen LogP contribution is -2.61. The molecule has 198 valence electrons. The number of likely N-dealkylation sites (tertiary alicyclic amines) is 1. The van der Waals surface area contributed by atoms with E-state index >= 15 is 0 Å². The lowest BCUT2D eigenvalue weighted by molar-refractivity contribution is -0.147. The first-order chi connectivity index (χ1) is 17.9. The predicted octanol–water partition coefficient (Wildman–Crippen LogP) is 5.43. The smallest absolute Gasteiger partial charge is 0.338 e. The number of nitrogens with one attached hydrogen (secondary N) is 1. The Balaban J connectivity index is 1.27. The van der Waals surface area contributed by atoms with Crippen LogP contribution in [-0.4, -0.2) is 53.7 Å². The maximum atomic E-state index is 12.6. The van der Waals surface area contributed by atoms with E-state index in [4.69, 9.17) is 16.3 Å². The average Bonchev–Trinajstić information content (AvgIpc) is 2.91. The van der Waals surface area contributed by atoms with Gasteiger partial charge in [0.1, 0.15) is 17.9 Å². The van der Waals surface area contributed by atoms with Crippen LogP contribution in [0.25, 0.3) is 0 Å². The Kier molecular flexibility index (Phi) is 11.5. The van der Waals surface area contributed by atoms with Gasteiger partial charge in [-0.3, -0.25) is 9.59 Å². The number of esters is 1. The van der Waals surface area contributed by atoms with E-state index in [1.54, 1.807) is 35.7 Å². The van der Waals surface area contributed by atoms with E-state index in [2.05, 4.69) is 24.0 Å². The summed E-state index contributed by atoms with van der Waals surface area (Å²) in [7, 11) is 0. The highest BCUT2D eigenvalue weighted by Gasteiger charge is 2.41. The molecular formula is C29H35ClN2O4S. The van der Waals surface area contributed by atoms with Crippen LogP contribution in [0.4, 0.5) is 0 Å². The monoisotopic (exact) mass is 542 g/mol. The van der Waals surface area contributed by atoms with Crippen molar-refractivity contribution in [3.8, 4) is 0 Å². The van der Waals surface area contributed by atoms with Crippen LogP contribution in [0.2, 0.25) is 5.02 Å². The molecule has 1 fully saturated rings. The molecule has 2 atom stereocenters. The van der Waals surface area contributed by atoms with Crippen LogP contribution in [0.15, 0.2) is 61.2 Å². The summed E-state index contributed by atoms with van der Waals surface area (Å²) in [6.07, 6.45) is 6.77. The summed E-state index contributed by atoms with van der Waals surface area (Å²) in [5.74, 6) is 0.173. The molecule has 3 rings (SSSR count). The number of carbonyl (C=O) groups is 3. The minimum Gasteiger partial charge on any atom is -0.458 e. The largest absolute Gasteiger partial charge is 0.458 e. The van der Waals surface area contributed by atoms with Crippen molar-refractivity contribution >= 4 is 41.1 Å². The second-order valence-corrected chi connectivity index (χ2v) is 10.8. The summed E-state index contributed by atoms with van der Waals surface area (Å²) in [5, 5.41) is 3.58. The number of hydrogen-bond acceptors (Lipinski definition) is 5. The first kappa shape index (κ1) is 28.8. The van der Waals surface area contributed by atoms with Gasteiger partial charge in [-0.15, -0.1) is 11.8 Å². The van der Waals surface area contributed by atoms with E-state index in [0.717, 1.165) is 42.7 Å². The number of hydrogen-bond donors (Lipinski definition) is 1. The average molecular weight is 543 g/mol. The van der Waals surface area contributed by atoms with E-state index in [1.807, 2.05) is 24.3 Å². The van der Waals surface area contributed by atoms with Crippen molar-refractivity contribution in [2.45, 2.75) is 56.1 Å². The minimum atomic E-state index is -0.463. The molecule has 2 unspecified atom stereocenters. The van der Waals surface area contributed by atoms with Crippen LogP contribution in [0.1, 0.15) is 54.1 Å². The second-order valence-electron chi connectivity index (χ2n) is 9.13. The van der Waals surface area contributed by atoms with E-state index in [-0.39, 0.29) is 29.6 Å². The topological polar surface area (TPSA) is 75.7 Å². The first-order valence-electron chi connectivity index (χ1n) is 12.7. The number of nitrogens with zero attached hydrogens (tertiary/aromatic N) is 1. The molecule has 1 aliphatic heterocycles. The van der Waals surface area contributed by atoms with Gasteiger partial charge in [-0.25, -0.2) is 4.79 Å². The Labute approximate surface area is 228 Å². The van der Waals surface area contributed by atoms with Crippen molar-refractivity contribution in [2.75, 3.05) is 19.7 Å². The maximum absolute atomic E-state index is 12.6. The van der Waals surface area contributed by atoms with Gasteiger partial charge in [-0.1, -0.05) is 61.4 Å². The molecule has 0 aliphatic carbocycles. The lowest BCUT2D eigenvalue weighted by atomic mass is 10.1. The summed E-state index contributed by atoms with van der Waals surface area (Å²) in [4.78, 5) is 38.6. The number of ether oxygens (including phenoxy) is 1. The van der Waals surface area contributed by atoms with Crippen molar-refractivity contribution in [1.29, 1.82) is 0 Å². The van der Waals surface area contributed by atoms with Crippen LogP contribution < -0.4 is 5.32 Å². The van der Waals surface area contributed by atoms with Gasteiger partial charge in [0.05, 0.1) is 5.56 Å². The summed E-state index contributed by atoms with van der Waals surface area (Å²) in [5.41, 5.74) is 2.80. The number of β-lactam (4-membered cyclic amide) rings is 1. The summed E-state index contributed by atoms with van der Waals surface area (Å²) in [6.45, 7) is 6.68. The number of thioether (sulfide) groups is 1. The van der Waals surface area contributed by atoms with E-state index < -0.39 is 6.04 Å². The van der Waals surface area contributed by atoms with Gasteiger partial charge >= 0.3 is 5.97 Å². The number of unbranched alkanes of at least 4 members (excludes halogenated alkanes) is 3. The van der Waals surface area contributed by atoms with Gasteiger partial charge in [0.2, 0.25) is 11.8 Å². The Morgan fingerprint density at radius 1 is 1.11 bits per heavy atom. The molecule has 0 radical (unpaired) electrons. The molecule has 1 saturated heterocycles. The maximum Gasteiger partial charge on any atom is 0.338 e. The molecule has 0 spiro atoms. The quantitative estimate of drug-likeness (QED) is 0.140. The minimum absolute atomic E-state index is 0.000488. The van der Waals surface area contributed by atoms with Crippen LogP contribution in [-0.2, 0) is 26.5 Å². The SMILES string of the molecule is C=CCOC(=O)c1ccc(CSC2CN(C(C)C(=O)NCCCCCCc3ccc(Cl)cc3)C2=O)cc1. The summed E-state index contributed by atoms with van der Waals surface area (Å²) >= 11 is 7.47. The third-order valence-electron chi connectivity index (χ3n) is 6.35. The zero-order chi connectivity index (χ0) is 26.6. The van der Waals surface area contributed by atoms with Crippen molar-refractivity contribution < 1.29 is 19.1 Å². The third kappa shape index (κ3) is 8.93. The van der Waals surface area contributed by atoms with Crippen molar-refractivity contribution in [2.24, 2.45) is 0 Å². The standard InChI is InChI=1S/C29H35ClN2O4S/c1-3-18-36-29(35)24-13-9-23(10-14-24)20-37-26-19-32(28(26)34)21(2)27(33)31-17-7-5-4-6-8-22-11-15-25(30)16-12-22/h3,9-16,21,26H,1,4-8,17-20H2,2H3,(H,31,33). The lowest BCUT2D eigenvalue weighted by Gasteiger charge is -2.41. The molecule has 0 aromatic heterocycles. The number of rotatable bonds is 15. The van der Waals surface area contributed by atoms with Crippen LogP contribution in [0.3, 0.4) is 0 Å². The molecule has 2 amide bonds. The highest BCUT2D eigenvalue weighted by Crippen LogP contribution is 2.29.